The maximum atomic E-state index is 2.30. The van der Waals surface area contributed by atoms with Gasteiger partial charge in [0.25, 0.3) is 0 Å². The van der Waals surface area contributed by atoms with Crippen LogP contribution in [0.25, 0.3) is 0 Å². The van der Waals surface area contributed by atoms with Crippen molar-refractivity contribution in [1.29, 1.82) is 0 Å². The Morgan fingerprint density at radius 2 is 0.327 bits per heavy atom. The van der Waals surface area contributed by atoms with Crippen molar-refractivity contribution in [2.24, 2.45) is 0 Å². The second kappa shape index (κ2) is 21.0. The van der Waals surface area contributed by atoms with E-state index in [0.717, 1.165) is 0 Å². The summed E-state index contributed by atoms with van der Waals surface area (Å²) in [5.74, 6) is 1.17. The second-order valence-electron chi connectivity index (χ2n) is 13.0. The predicted octanol–water partition coefficient (Wildman–Crippen LogP) is 10.5. The fourth-order valence-electron chi connectivity index (χ4n) is 6.64. The van der Waals surface area contributed by atoms with Gasteiger partial charge in [0.1, 0.15) is 0 Å². The topological polar surface area (TPSA) is 0 Å². The Morgan fingerprint density at radius 1 is 0.182 bits per heavy atom. The molecular weight excluding hydrogens is 736 g/mol. The highest BCUT2D eigenvalue weighted by Gasteiger charge is 2.22. The fraction of sp³-hybridized carbons (Fsp3) is 0.0588. The summed E-state index contributed by atoms with van der Waals surface area (Å²) in [5.41, 5.74) is 0. The van der Waals surface area contributed by atoms with Crippen molar-refractivity contribution in [2.45, 2.75) is 0 Å². The summed E-state index contributed by atoms with van der Waals surface area (Å²) in [5, 5.41) is 11.7. The molecule has 0 unspecified atom stereocenters. The molecule has 0 amide bonds. The molecule has 8 aromatic carbocycles. The van der Waals surface area contributed by atoms with Gasteiger partial charge in [-0.05, 0) is 86.4 Å². The molecule has 270 valence electrons. The first kappa shape index (κ1) is 38.7. The summed E-state index contributed by atoms with van der Waals surface area (Å²) in [6.07, 6.45) is 2.41. The fourth-order valence-corrected chi connectivity index (χ4v) is 18.5. The van der Waals surface area contributed by atoms with Gasteiger partial charge in [-0.3, -0.25) is 0 Å². The van der Waals surface area contributed by atoms with E-state index in [1.54, 1.807) is 0 Å². The van der Waals surface area contributed by atoms with E-state index in [4.69, 9.17) is 0 Å². The minimum absolute atomic E-state index is 0.348. The molecule has 0 aliphatic rings. The predicted molar refractivity (Wildman–Crippen MR) is 251 cm³/mol. The molecule has 0 spiro atoms. The SMILES string of the molecule is c1ccc(P(CCP(c2ccccc2)c2ccccc2)c2ccccc2)cc1.c1ccc(P(CP(c2ccccc2)c2ccccc2)c2ccccc2)cc1. The van der Waals surface area contributed by atoms with Crippen LogP contribution in [0.3, 0.4) is 0 Å². The number of hydrogen-bond acceptors (Lipinski definition) is 0. The van der Waals surface area contributed by atoms with Crippen molar-refractivity contribution in [3.05, 3.63) is 243 Å². The van der Waals surface area contributed by atoms with Crippen molar-refractivity contribution in [2.75, 3.05) is 18.2 Å². The van der Waals surface area contributed by atoms with E-state index in [-0.39, 0.29) is 15.8 Å². The van der Waals surface area contributed by atoms with E-state index in [1.807, 2.05) is 0 Å². The van der Waals surface area contributed by atoms with Gasteiger partial charge in [-0.25, -0.2) is 0 Å². The molecule has 8 aromatic rings. The Kier molecular flexibility index (Phi) is 14.8. The van der Waals surface area contributed by atoms with Crippen LogP contribution in [0, 0.1) is 0 Å². The van der Waals surface area contributed by atoms with Crippen LogP contribution in [0.1, 0.15) is 0 Å². The normalized spacial score (nSPS) is 11.1. The second-order valence-corrected chi connectivity index (χ2v) is 22.6. The van der Waals surface area contributed by atoms with Crippen molar-refractivity contribution < 1.29 is 0 Å². The third kappa shape index (κ3) is 11.0. The Labute approximate surface area is 333 Å². The minimum atomic E-state index is -0.409. The first-order valence-electron chi connectivity index (χ1n) is 18.8. The summed E-state index contributed by atoms with van der Waals surface area (Å²) in [7, 11) is -1.51. The lowest BCUT2D eigenvalue weighted by atomic mass is 10.4. The van der Waals surface area contributed by atoms with Gasteiger partial charge in [-0.15, -0.1) is 0 Å². The summed E-state index contributed by atoms with van der Waals surface area (Å²) in [6, 6.07) is 88.3. The van der Waals surface area contributed by atoms with Crippen LogP contribution in [0.2, 0.25) is 0 Å². The van der Waals surface area contributed by atoms with Crippen molar-refractivity contribution in [3.63, 3.8) is 0 Å². The minimum Gasteiger partial charge on any atom is -0.0622 e. The molecular formula is C51H46P4. The molecule has 0 aliphatic carbocycles. The Morgan fingerprint density at radius 3 is 0.491 bits per heavy atom. The van der Waals surface area contributed by atoms with Crippen molar-refractivity contribution >= 4 is 74.1 Å². The van der Waals surface area contributed by atoms with E-state index in [1.165, 1.54) is 60.7 Å². The number of rotatable bonds is 13. The monoisotopic (exact) mass is 782 g/mol. The summed E-state index contributed by atoms with van der Waals surface area (Å²) in [6.45, 7) is 0. The first-order valence-corrected chi connectivity index (χ1v) is 24.9. The standard InChI is InChI=1S/C26H24P2.C25H22P2/c1-5-13-23(14-6-1)27(24-15-7-2-8-16-24)21-22-28(25-17-9-3-10-18-25)26-19-11-4-12-20-26;1-5-13-22(14-6-1)26(23-15-7-2-8-16-23)21-27(24-17-9-3-10-18-24)25-19-11-4-12-20-25/h1-20H,21-22H2;1-20H,21H2. The van der Waals surface area contributed by atoms with Crippen LogP contribution in [-0.2, 0) is 0 Å². The summed E-state index contributed by atoms with van der Waals surface area (Å²) < 4.78 is 0. The first-order chi connectivity index (χ1) is 27.3. The van der Waals surface area contributed by atoms with Crippen LogP contribution < -0.4 is 42.4 Å². The number of benzene rings is 8. The van der Waals surface area contributed by atoms with E-state index in [2.05, 4.69) is 243 Å². The lowest BCUT2D eigenvalue weighted by molar-refractivity contribution is 1.51. The van der Waals surface area contributed by atoms with E-state index in [9.17, 15) is 0 Å². The third-order valence-electron chi connectivity index (χ3n) is 9.37. The zero-order chi connectivity index (χ0) is 37.3. The van der Waals surface area contributed by atoms with Gasteiger partial charge in [0.2, 0.25) is 0 Å². The van der Waals surface area contributed by atoms with Gasteiger partial charge in [-0.2, -0.15) is 0 Å². The van der Waals surface area contributed by atoms with Crippen LogP contribution in [0.15, 0.2) is 243 Å². The Balaban J connectivity index is 0.000000169. The molecule has 0 atom stereocenters. The van der Waals surface area contributed by atoms with Crippen LogP contribution in [-0.4, -0.2) is 18.2 Å². The van der Waals surface area contributed by atoms with E-state index < -0.39 is 15.8 Å². The average Bonchev–Trinajstić information content (AvgIpc) is 3.28. The molecule has 0 nitrogen and oxygen atoms in total. The van der Waals surface area contributed by atoms with Gasteiger partial charge >= 0.3 is 0 Å². The third-order valence-corrected chi connectivity index (χ3v) is 20.7. The Hall–Kier alpha value is -4.52. The van der Waals surface area contributed by atoms with E-state index in [0.29, 0.717) is 0 Å². The molecule has 0 radical (unpaired) electrons. The van der Waals surface area contributed by atoms with E-state index >= 15 is 0 Å². The molecule has 0 N–H and O–H groups in total. The summed E-state index contributed by atoms with van der Waals surface area (Å²) in [4.78, 5) is 0. The van der Waals surface area contributed by atoms with Crippen LogP contribution >= 0.6 is 31.7 Å². The lowest BCUT2D eigenvalue weighted by Gasteiger charge is -2.26. The smallest absolute Gasteiger partial charge is 0.00405 e. The molecule has 8 rings (SSSR count). The highest BCUT2D eigenvalue weighted by atomic mass is 31.2. The number of hydrogen-bond donors (Lipinski definition) is 0. The zero-order valence-electron chi connectivity index (χ0n) is 31.0. The lowest BCUT2D eigenvalue weighted by Crippen LogP contribution is -2.19. The van der Waals surface area contributed by atoms with Crippen molar-refractivity contribution in [3.8, 4) is 0 Å². The molecule has 0 saturated heterocycles. The quantitative estimate of drug-likeness (QED) is 0.102. The van der Waals surface area contributed by atoms with Crippen LogP contribution in [0.4, 0.5) is 0 Å². The highest BCUT2D eigenvalue weighted by molar-refractivity contribution is 7.88. The Bertz CT molecular complexity index is 1900. The molecule has 0 saturated carbocycles. The molecule has 4 heteroatoms. The maximum Gasteiger partial charge on any atom is 0.00405 e. The molecule has 0 aromatic heterocycles. The maximum absolute atomic E-state index is 2.30. The summed E-state index contributed by atoms with van der Waals surface area (Å²) >= 11 is 0. The molecule has 0 heterocycles. The van der Waals surface area contributed by atoms with Gasteiger partial charge in [-0.1, -0.05) is 243 Å². The highest BCUT2D eigenvalue weighted by Crippen LogP contribution is 2.48. The van der Waals surface area contributed by atoms with Gasteiger partial charge in [0.15, 0.2) is 0 Å². The molecule has 0 fully saturated rings. The zero-order valence-corrected chi connectivity index (χ0v) is 34.6. The van der Waals surface area contributed by atoms with Crippen molar-refractivity contribution in [1.82, 2.24) is 0 Å². The molecule has 0 aliphatic heterocycles. The molecule has 0 bridgehead atoms. The average molecular weight is 783 g/mol. The molecule has 55 heavy (non-hydrogen) atoms. The van der Waals surface area contributed by atoms with Gasteiger partial charge < -0.3 is 0 Å². The largest absolute Gasteiger partial charge is 0.0622 e. The van der Waals surface area contributed by atoms with Crippen LogP contribution in [0.5, 0.6) is 0 Å². The van der Waals surface area contributed by atoms with Gasteiger partial charge in [0, 0.05) is 5.90 Å². The van der Waals surface area contributed by atoms with Gasteiger partial charge in [0.05, 0.1) is 0 Å².